The molecule has 0 saturated carbocycles. The molecule has 1 atom stereocenters. The zero-order valence-electron chi connectivity index (χ0n) is 12.3. The van der Waals surface area contributed by atoms with Gasteiger partial charge in [-0.3, -0.25) is 9.69 Å². The van der Waals surface area contributed by atoms with Crippen LogP contribution in [-0.2, 0) is 0 Å². The maximum atomic E-state index is 12.4. The Hall–Kier alpha value is -1.19. The van der Waals surface area contributed by atoms with E-state index in [9.17, 15) is 9.90 Å². The number of benzene rings is 1. The summed E-state index contributed by atoms with van der Waals surface area (Å²) in [4.78, 5) is 14.5. The van der Waals surface area contributed by atoms with E-state index in [4.69, 9.17) is 0 Å². The first-order chi connectivity index (χ1) is 8.78. The minimum absolute atomic E-state index is 0.160. The zero-order valence-corrected chi connectivity index (χ0v) is 12.3. The molecule has 1 aliphatic rings. The molecule has 0 bridgehead atoms. The van der Waals surface area contributed by atoms with Crippen molar-refractivity contribution in [3.8, 4) is 0 Å². The molecule has 3 nitrogen and oxygen atoms in total. The van der Waals surface area contributed by atoms with Crippen molar-refractivity contribution < 1.29 is 9.90 Å². The third-order valence-electron chi connectivity index (χ3n) is 3.85. The van der Waals surface area contributed by atoms with Gasteiger partial charge in [-0.05, 0) is 45.2 Å². The number of likely N-dealkylation sites (tertiary alicyclic amines) is 1. The summed E-state index contributed by atoms with van der Waals surface area (Å²) in [6.07, 6.45) is 0.742. The molecule has 0 aromatic heterocycles. The Morgan fingerprint density at radius 3 is 2.37 bits per heavy atom. The monoisotopic (exact) mass is 261 g/mol. The molecule has 1 heterocycles. The van der Waals surface area contributed by atoms with Crippen molar-refractivity contribution in [3.05, 3.63) is 34.4 Å². The molecule has 1 N–H and O–H groups in total. The van der Waals surface area contributed by atoms with Crippen molar-refractivity contribution in [2.75, 3.05) is 19.6 Å². The fraction of sp³-hybridized carbons (Fsp3) is 0.562. The largest absolute Gasteiger partial charge is 0.389 e. The number of hydrogen-bond donors (Lipinski definition) is 1. The Kier molecular flexibility index (Phi) is 3.79. The predicted octanol–water partition coefficient (Wildman–Crippen LogP) is 2.25. The van der Waals surface area contributed by atoms with Gasteiger partial charge in [0.15, 0.2) is 5.78 Å². The minimum Gasteiger partial charge on any atom is -0.389 e. The summed E-state index contributed by atoms with van der Waals surface area (Å²) in [5, 5.41) is 9.94. The van der Waals surface area contributed by atoms with Crippen LogP contribution in [0.5, 0.6) is 0 Å². The van der Waals surface area contributed by atoms with Crippen LogP contribution in [0.1, 0.15) is 40.4 Å². The third-order valence-corrected chi connectivity index (χ3v) is 3.85. The van der Waals surface area contributed by atoms with Gasteiger partial charge in [0.1, 0.15) is 0 Å². The summed E-state index contributed by atoms with van der Waals surface area (Å²) in [5.74, 6) is 0.160. The van der Waals surface area contributed by atoms with Crippen LogP contribution in [0.15, 0.2) is 12.1 Å². The molecule has 1 aliphatic heterocycles. The van der Waals surface area contributed by atoms with E-state index >= 15 is 0 Å². The Bertz CT molecular complexity index is 482. The molecule has 0 spiro atoms. The highest BCUT2D eigenvalue weighted by molar-refractivity contribution is 6.00. The fourth-order valence-electron chi connectivity index (χ4n) is 3.08. The van der Waals surface area contributed by atoms with Crippen molar-refractivity contribution in [1.29, 1.82) is 0 Å². The lowest BCUT2D eigenvalue weighted by Crippen LogP contribution is -2.33. The van der Waals surface area contributed by atoms with E-state index in [1.165, 1.54) is 5.56 Å². The summed E-state index contributed by atoms with van der Waals surface area (Å²) in [6.45, 7) is 9.65. The number of nitrogens with zero attached hydrogens (tertiary/aromatic N) is 1. The average molecular weight is 261 g/mol. The van der Waals surface area contributed by atoms with Gasteiger partial charge in [-0.1, -0.05) is 17.7 Å². The first-order valence-electron chi connectivity index (χ1n) is 6.84. The quantitative estimate of drug-likeness (QED) is 0.848. The van der Waals surface area contributed by atoms with Crippen molar-refractivity contribution in [1.82, 2.24) is 4.90 Å². The predicted molar refractivity (Wildman–Crippen MR) is 76.7 cm³/mol. The van der Waals surface area contributed by atoms with Gasteiger partial charge in [0.05, 0.1) is 12.1 Å². The summed E-state index contributed by atoms with van der Waals surface area (Å²) < 4.78 is 0. The number of hydrogen-bond acceptors (Lipinski definition) is 3. The number of rotatable bonds is 3. The maximum Gasteiger partial charge on any atom is 0.177 e. The van der Waals surface area contributed by atoms with E-state index in [0.717, 1.165) is 29.7 Å². The SMILES string of the molecule is Cc1cc(C)c(C(=O)CN2CCC(C)(O)C2)c(C)c1. The first-order valence-corrected chi connectivity index (χ1v) is 6.84. The standard InChI is InChI=1S/C16H23NO2/c1-11-7-12(2)15(13(3)8-11)14(18)9-17-6-5-16(4,19)10-17/h7-8,19H,5-6,9-10H2,1-4H3. The number of aryl methyl sites for hydroxylation is 3. The maximum absolute atomic E-state index is 12.4. The van der Waals surface area contributed by atoms with Gasteiger partial charge < -0.3 is 5.11 Å². The second-order valence-corrected chi connectivity index (χ2v) is 6.15. The van der Waals surface area contributed by atoms with Gasteiger partial charge in [0.2, 0.25) is 0 Å². The van der Waals surface area contributed by atoms with E-state index in [1.54, 1.807) is 0 Å². The number of carbonyl (C=O) groups excluding carboxylic acids is 1. The van der Waals surface area contributed by atoms with E-state index < -0.39 is 5.60 Å². The van der Waals surface area contributed by atoms with Crippen molar-refractivity contribution in [2.24, 2.45) is 0 Å². The van der Waals surface area contributed by atoms with Crippen molar-refractivity contribution in [2.45, 2.75) is 39.7 Å². The van der Waals surface area contributed by atoms with Crippen LogP contribution in [-0.4, -0.2) is 41.0 Å². The normalized spacial score (nSPS) is 23.8. The number of β-amino-alcohol motifs (C(OH)–C–C–N with tert-alkyl or cyclic N) is 1. The molecule has 0 amide bonds. The lowest BCUT2D eigenvalue weighted by atomic mass is 9.96. The van der Waals surface area contributed by atoms with Gasteiger partial charge in [-0.15, -0.1) is 0 Å². The molecular weight excluding hydrogens is 238 g/mol. The summed E-state index contributed by atoms with van der Waals surface area (Å²) in [5.41, 5.74) is 3.49. The fourth-order valence-corrected chi connectivity index (χ4v) is 3.08. The van der Waals surface area contributed by atoms with Gasteiger partial charge >= 0.3 is 0 Å². The molecule has 1 fully saturated rings. The minimum atomic E-state index is -0.641. The molecular formula is C16H23NO2. The number of carbonyl (C=O) groups is 1. The molecule has 1 aromatic rings. The average Bonchev–Trinajstić information content (AvgIpc) is 2.56. The topological polar surface area (TPSA) is 40.5 Å². The number of Topliss-reactive ketones (excluding diaryl/α,β-unsaturated/α-hetero) is 1. The van der Waals surface area contributed by atoms with Crippen LogP contribution >= 0.6 is 0 Å². The van der Waals surface area contributed by atoms with Crippen LogP contribution in [0.25, 0.3) is 0 Å². The Morgan fingerprint density at radius 2 is 1.89 bits per heavy atom. The number of aliphatic hydroxyl groups is 1. The highest BCUT2D eigenvalue weighted by Crippen LogP contribution is 2.22. The molecule has 1 aromatic carbocycles. The van der Waals surface area contributed by atoms with E-state index in [-0.39, 0.29) is 5.78 Å². The lowest BCUT2D eigenvalue weighted by Gasteiger charge is -2.19. The van der Waals surface area contributed by atoms with E-state index in [1.807, 2.05) is 32.6 Å². The highest BCUT2D eigenvalue weighted by Gasteiger charge is 2.32. The van der Waals surface area contributed by atoms with Gasteiger partial charge in [0, 0.05) is 18.7 Å². The second kappa shape index (κ2) is 5.06. The van der Waals surface area contributed by atoms with Crippen molar-refractivity contribution >= 4 is 5.78 Å². The zero-order chi connectivity index (χ0) is 14.2. The van der Waals surface area contributed by atoms with Gasteiger partial charge in [-0.2, -0.15) is 0 Å². The van der Waals surface area contributed by atoms with E-state index in [0.29, 0.717) is 13.1 Å². The molecule has 104 valence electrons. The number of ketones is 1. The van der Waals surface area contributed by atoms with Gasteiger partial charge in [-0.25, -0.2) is 0 Å². The summed E-state index contributed by atoms with van der Waals surface area (Å²) >= 11 is 0. The first kappa shape index (κ1) is 14.2. The van der Waals surface area contributed by atoms with E-state index in [2.05, 4.69) is 12.1 Å². The molecule has 3 heteroatoms. The molecule has 1 unspecified atom stereocenters. The van der Waals surface area contributed by atoms with Crippen LogP contribution in [0, 0.1) is 20.8 Å². The smallest absolute Gasteiger partial charge is 0.177 e. The molecule has 0 radical (unpaired) electrons. The Morgan fingerprint density at radius 1 is 1.32 bits per heavy atom. The van der Waals surface area contributed by atoms with Crippen molar-refractivity contribution in [3.63, 3.8) is 0 Å². The van der Waals surface area contributed by atoms with Crippen LogP contribution in [0.4, 0.5) is 0 Å². The molecule has 2 rings (SSSR count). The van der Waals surface area contributed by atoms with Crippen LogP contribution in [0.3, 0.4) is 0 Å². The third kappa shape index (κ3) is 3.23. The summed E-state index contributed by atoms with van der Waals surface area (Å²) in [7, 11) is 0. The molecule has 19 heavy (non-hydrogen) atoms. The summed E-state index contributed by atoms with van der Waals surface area (Å²) in [6, 6.07) is 4.11. The van der Waals surface area contributed by atoms with Gasteiger partial charge in [0.25, 0.3) is 0 Å². The Balaban J connectivity index is 2.13. The Labute approximate surface area is 115 Å². The molecule has 1 saturated heterocycles. The van der Waals surface area contributed by atoms with Crippen LogP contribution in [0.2, 0.25) is 0 Å². The van der Waals surface area contributed by atoms with Crippen LogP contribution < -0.4 is 0 Å². The molecule has 0 aliphatic carbocycles. The highest BCUT2D eigenvalue weighted by atomic mass is 16.3. The lowest BCUT2D eigenvalue weighted by molar-refractivity contribution is 0.0669. The second-order valence-electron chi connectivity index (χ2n) is 6.15.